The van der Waals surface area contributed by atoms with E-state index in [-0.39, 0.29) is 5.78 Å². The molecule has 0 N–H and O–H groups in total. The first-order valence-electron chi connectivity index (χ1n) is 6.61. The van der Waals surface area contributed by atoms with Crippen molar-refractivity contribution in [1.29, 1.82) is 0 Å². The average molecular weight is 265 g/mol. The Kier molecular flexibility index (Phi) is 3.33. The normalized spacial score (nSPS) is 16.1. The molecule has 1 heterocycles. The van der Waals surface area contributed by atoms with Crippen LogP contribution in [0.15, 0.2) is 42.7 Å². The maximum atomic E-state index is 12.2. The van der Waals surface area contributed by atoms with Crippen molar-refractivity contribution < 1.29 is 9.53 Å². The van der Waals surface area contributed by atoms with Crippen LogP contribution in [0.25, 0.3) is 11.6 Å². The summed E-state index contributed by atoms with van der Waals surface area (Å²) in [6.45, 7) is 0. The number of methoxy groups -OCH3 is 1. The van der Waals surface area contributed by atoms with Crippen molar-refractivity contribution in [2.75, 3.05) is 7.11 Å². The number of carbonyl (C=O) groups excluding carboxylic acids is 1. The van der Waals surface area contributed by atoms with Gasteiger partial charge in [-0.3, -0.25) is 9.78 Å². The summed E-state index contributed by atoms with van der Waals surface area (Å²) in [7, 11) is 1.66. The largest absolute Gasteiger partial charge is 0.496 e. The van der Waals surface area contributed by atoms with Crippen molar-refractivity contribution in [3.8, 4) is 5.75 Å². The van der Waals surface area contributed by atoms with E-state index >= 15 is 0 Å². The maximum absolute atomic E-state index is 12.2. The average Bonchev–Trinajstić information content (AvgIpc) is 2.50. The molecule has 0 fully saturated rings. The predicted molar refractivity (Wildman–Crippen MR) is 78.4 cm³/mol. The highest BCUT2D eigenvalue weighted by Crippen LogP contribution is 2.35. The van der Waals surface area contributed by atoms with Gasteiger partial charge in [-0.25, -0.2) is 0 Å². The van der Waals surface area contributed by atoms with Gasteiger partial charge in [0.1, 0.15) is 5.75 Å². The number of Topliss-reactive ketones (excluding diaryl/α,β-unsaturated/α-hetero) is 1. The Hall–Kier alpha value is -2.42. The number of pyridine rings is 1. The monoisotopic (exact) mass is 265 g/mol. The lowest BCUT2D eigenvalue weighted by atomic mass is 9.85. The number of hydrogen-bond acceptors (Lipinski definition) is 3. The minimum atomic E-state index is 0.176. The highest BCUT2D eigenvalue weighted by molar-refractivity contribution is 6.26. The number of fused-ring (bicyclic) bond motifs is 1. The molecule has 3 nitrogen and oxygen atoms in total. The number of aromatic nitrogens is 1. The Bertz CT molecular complexity index is 675. The standard InChI is InChI=1S/C17H15NO2/c1-20-17-6-2-5-13-14(17)7-8-16(19)15(13)10-12-4-3-9-18-11-12/h2-6,9-11H,7-8H2,1H3/b15-10-. The van der Waals surface area contributed by atoms with E-state index < -0.39 is 0 Å². The maximum Gasteiger partial charge on any atom is 0.163 e. The van der Waals surface area contributed by atoms with Crippen LogP contribution in [0.4, 0.5) is 0 Å². The lowest BCUT2D eigenvalue weighted by Crippen LogP contribution is -2.13. The lowest BCUT2D eigenvalue weighted by molar-refractivity contribution is -0.113. The predicted octanol–water partition coefficient (Wildman–Crippen LogP) is 3.15. The number of ether oxygens (including phenoxy) is 1. The molecule has 3 rings (SSSR count). The second-order valence-electron chi connectivity index (χ2n) is 4.75. The number of allylic oxidation sites excluding steroid dienone is 1. The Morgan fingerprint density at radius 1 is 1.20 bits per heavy atom. The smallest absolute Gasteiger partial charge is 0.163 e. The quantitative estimate of drug-likeness (QED) is 0.783. The fourth-order valence-corrected chi connectivity index (χ4v) is 2.58. The van der Waals surface area contributed by atoms with Crippen molar-refractivity contribution >= 4 is 17.4 Å². The molecule has 0 amide bonds. The summed E-state index contributed by atoms with van der Waals surface area (Å²) in [5, 5.41) is 0. The highest BCUT2D eigenvalue weighted by Gasteiger charge is 2.23. The number of rotatable bonds is 2. The van der Waals surface area contributed by atoms with E-state index in [4.69, 9.17) is 4.74 Å². The van der Waals surface area contributed by atoms with E-state index in [0.29, 0.717) is 6.42 Å². The zero-order chi connectivity index (χ0) is 13.9. The first-order valence-corrected chi connectivity index (χ1v) is 6.61. The summed E-state index contributed by atoms with van der Waals surface area (Å²) in [6, 6.07) is 9.66. The molecule has 100 valence electrons. The van der Waals surface area contributed by atoms with Gasteiger partial charge >= 0.3 is 0 Å². The van der Waals surface area contributed by atoms with E-state index in [2.05, 4.69) is 4.98 Å². The lowest BCUT2D eigenvalue weighted by Gasteiger charge is -2.20. The van der Waals surface area contributed by atoms with Gasteiger partial charge in [-0.1, -0.05) is 18.2 Å². The van der Waals surface area contributed by atoms with Gasteiger partial charge in [0.15, 0.2) is 5.78 Å². The van der Waals surface area contributed by atoms with Gasteiger partial charge in [0, 0.05) is 30.0 Å². The van der Waals surface area contributed by atoms with Crippen molar-refractivity contribution in [3.05, 3.63) is 59.4 Å². The molecule has 0 saturated carbocycles. The fourth-order valence-electron chi connectivity index (χ4n) is 2.58. The summed E-state index contributed by atoms with van der Waals surface area (Å²) in [6.07, 6.45) is 6.66. The van der Waals surface area contributed by atoms with Gasteiger partial charge in [0.2, 0.25) is 0 Å². The molecule has 2 aromatic rings. The minimum absolute atomic E-state index is 0.176. The molecule has 0 unspecified atom stereocenters. The first-order chi connectivity index (χ1) is 9.79. The van der Waals surface area contributed by atoms with Crippen molar-refractivity contribution in [1.82, 2.24) is 4.98 Å². The Balaban J connectivity index is 2.13. The van der Waals surface area contributed by atoms with Crippen molar-refractivity contribution in [2.45, 2.75) is 12.8 Å². The van der Waals surface area contributed by atoms with Crippen molar-refractivity contribution in [2.24, 2.45) is 0 Å². The molecule has 3 heteroatoms. The summed E-state index contributed by atoms with van der Waals surface area (Å²) in [5.74, 6) is 1.03. The second kappa shape index (κ2) is 5.29. The number of ketones is 1. The Morgan fingerprint density at radius 2 is 2.10 bits per heavy atom. The zero-order valence-electron chi connectivity index (χ0n) is 11.3. The van der Waals surface area contributed by atoms with Crippen molar-refractivity contribution in [3.63, 3.8) is 0 Å². The van der Waals surface area contributed by atoms with Crippen LogP contribution < -0.4 is 4.74 Å². The van der Waals surface area contributed by atoms with E-state index in [1.807, 2.05) is 36.4 Å². The van der Waals surface area contributed by atoms with Gasteiger partial charge in [0.05, 0.1) is 7.11 Å². The number of carbonyl (C=O) groups is 1. The zero-order valence-corrected chi connectivity index (χ0v) is 11.3. The molecular formula is C17H15NO2. The third-order valence-electron chi connectivity index (χ3n) is 3.54. The topological polar surface area (TPSA) is 39.2 Å². The molecule has 0 bridgehead atoms. The molecule has 0 aliphatic heterocycles. The van der Waals surface area contributed by atoms with E-state index in [9.17, 15) is 4.79 Å². The Labute approximate surface area is 117 Å². The van der Waals surface area contributed by atoms with Crippen LogP contribution in [0.2, 0.25) is 0 Å². The summed E-state index contributed by atoms with van der Waals surface area (Å²) in [4.78, 5) is 16.3. The van der Waals surface area contributed by atoms with E-state index in [1.165, 1.54) is 0 Å². The number of benzene rings is 1. The molecular weight excluding hydrogens is 250 g/mol. The number of hydrogen-bond donors (Lipinski definition) is 0. The molecule has 20 heavy (non-hydrogen) atoms. The van der Waals surface area contributed by atoms with Crippen LogP contribution in [0.5, 0.6) is 5.75 Å². The van der Waals surface area contributed by atoms with Crippen LogP contribution in [0, 0.1) is 0 Å². The van der Waals surface area contributed by atoms with Crippen LogP contribution in [-0.2, 0) is 11.2 Å². The van der Waals surface area contributed by atoms with Gasteiger partial charge < -0.3 is 4.74 Å². The number of nitrogens with zero attached hydrogens (tertiary/aromatic N) is 1. The third-order valence-corrected chi connectivity index (χ3v) is 3.54. The van der Waals surface area contributed by atoms with Gasteiger partial charge in [-0.2, -0.15) is 0 Å². The van der Waals surface area contributed by atoms with Crippen LogP contribution in [0.3, 0.4) is 0 Å². The molecule has 1 aliphatic rings. The highest BCUT2D eigenvalue weighted by atomic mass is 16.5. The fraction of sp³-hybridized carbons (Fsp3) is 0.176. The van der Waals surface area contributed by atoms with Gasteiger partial charge in [0.25, 0.3) is 0 Å². The molecule has 0 saturated heterocycles. The van der Waals surface area contributed by atoms with Gasteiger partial charge in [-0.05, 0) is 35.8 Å². The summed E-state index contributed by atoms with van der Waals surface area (Å²) < 4.78 is 5.40. The molecule has 1 aliphatic carbocycles. The first kappa shape index (κ1) is 12.6. The molecule has 1 aromatic carbocycles. The van der Waals surface area contributed by atoms with Gasteiger partial charge in [-0.15, -0.1) is 0 Å². The van der Waals surface area contributed by atoms with E-state index in [0.717, 1.165) is 34.4 Å². The molecule has 0 atom stereocenters. The summed E-state index contributed by atoms with van der Waals surface area (Å²) >= 11 is 0. The van der Waals surface area contributed by atoms with Crippen LogP contribution in [-0.4, -0.2) is 17.9 Å². The molecule has 0 spiro atoms. The van der Waals surface area contributed by atoms with Crippen LogP contribution >= 0.6 is 0 Å². The molecule has 1 aromatic heterocycles. The van der Waals surface area contributed by atoms with E-state index in [1.54, 1.807) is 19.5 Å². The second-order valence-corrected chi connectivity index (χ2v) is 4.75. The summed E-state index contributed by atoms with van der Waals surface area (Å²) in [5.41, 5.74) is 3.78. The molecule has 0 radical (unpaired) electrons. The minimum Gasteiger partial charge on any atom is -0.496 e. The SMILES string of the molecule is COc1cccc2c1CCC(=O)/C2=C\c1cccnc1. The Morgan fingerprint density at radius 3 is 2.85 bits per heavy atom. The third kappa shape index (κ3) is 2.23. The van der Waals surface area contributed by atoms with Crippen LogP contribution in [0.1, 0.15) is 23.1 Å².